The number of likely N-dealkylation sites (N-methyl/N-ethyl adjacent to an activating group) is 1. The van der Waals surface area contributed by atoms with Crippen molar-refractivity contribution in [2.45, 2.75) is 38.8 Å². The Balaban J connectivity index is 2.23. The summed E-state index contributed by atoms with van der Waals surface area (Å²) >= 11 is 0. The first-order valence-electron chi connectivity index (χ1n) is 7.87. The molecule has 3 nitrogen and oxygen atoms in total. The minimum absolute atomic E-state index is 0.0928. The third kappa shape index (κ3) is 3.74. The van der Waals surface area contributed by atoms with Crippen molar-refractivity contribution in [1.29, 1.82) is 0 Å². The molecule has 1 heterocycles. The number of hydrogen-bond acceptors (Lipinski definition) is 3. The monoisotopic (exact) mass is 293 g/mol. The molecule has 2 N–H and O–H groups in total. The van der Waals surface area contributed by atoms with Crippen LogP contribution < -0.4 is 10.6 Å². The summed E-state index contributed by atoms with van der Waals surface area (Å²) in [6.45, 7) is 6.37. The molecule has 3 unspecified atom stereocenters. The number of rotatable bonds is 5. The summed E-state index contributed by atoms with van der Waals surface area (Å²) in [4.78, 5) is 4.66. The Kier molecular flexibility index (Phi) is 5.22. The highest BCUT2D eigenvalue weighted by Crippen LogP contribution is 2.30. The molecule has 0 radical (unpaired) electrons. The summed E-state index contributed by atoms with van der Waals surface area (Å²) in [6.07, 6.45) is 1.65. The Morgan fingerprint density at radius 2 is 2.10 bits per heavy atom. The standard InChI is InChI=1S/C17H28FN3/c1-5-15(19)9-13-8-14(18)6-7-16(13)21-10-12(2)17(11-21)20(3)4/h6-8,12,15,17H,5,9-11,19H2,1-4H3. The molecule has 0 aromatic heterocycles. The third-order valence-corrected chi connectivity index (χ3v) is 4.62. The van der Waals surface area contributed by atoms with Crippen molar-refractivity contribution in [3.8, 4) is 0 Å². The van der Waals surface area contributed by atoms with E-state index in [1.54, 1.807) is 12.1 Å². The third-order valence-electron chi connectivity index (χ3n) is 4.62. The largest absolute Gasteiger partial charge is 0.369 e. The van der Waals surface area contributed by atoms with Gasteiger partial charge in [-0.15, -0.1) is 0 Å². The molecule has 21 heavy (non-hydrogen) atoms. The van der Waals surface area contributed by atoms with Gasteiger partial charge in [0.15, 0.2) is 0 Å². The smallest absolute Gasteiger partial charge is 0.123 e. The molecule has 1 aliphatic heterocycles. The summed E-state index contributed by atoms with van der Waals surface area (Å²) in [5.74, 6) is 0.436. The minimum Gasteiger partial charge on any atom is -0.369 e. The van der Waals surface area contributed by atoms with Crippen LogP contribution in [0.1, 0.15) is 25.8 Å². The van der Waals surface area contributed by atoms with Crippen molar-refractivity contribution in [2.24, 2.45) is 11.7 Å². The highest BCUT2D eigenvalue weighted by atomic mass is 19.1. The van der Waals surface area contributed by atoms with Gasteiger partial charge in [-0.3, -0.25) is 0 Å². The fourth-order valence-corrected chi connectivity index (χ4v) is 3.27. The maximum absolute atomic E-state index is 13.6. The van der Waals surface area contributed by atoms with E-state index in [4.69, 9.17) is 5.73 Å². The molecule has 1 saturated heterocycles. The highest BCUT2D eigenvalue weighted by Gasteiger charge is 2.32. The molecular formula is C17H28FN3. The van der Waals surface area contributed by atoms with Crippen LogP contribution in [0.5, 0.6) is 0 Å². The highest BCUT2D eigenvalue weighted by molar-refractivity contribution is 5.55. The molecule has 0 saturated carbocycles. The number of nitrogens with zero attached hydrogens (tertiary/aromatic N) is 2. The van der Waals surface area contributed by atoms with E-state index < -0.39 is 0 Å². The molecule has 4 heteroatoms. The van der Waals surface area contributed by atoms with Crippen molar-refractivity contribution in [1.82, 2.24) is 4.90 Å². The second-order valence-electron chi connectivity index (χ2n) is 6.56. The van der Waals surface area contributed by atoms with Crippen molar-refractivity contribution in [3.05, 3.63) is 29.6 Å². The fourth-order valence-electron chi connectivity index (χ4n) is 3.27. The van der Waals surface area contributed by atoms with Gasteiger partial charge < -0.3 is 15.5 Å². The molecule has 2 rings (SSSR count). The first-order chi connectivity index (χ1) is 9.92. The van der Waals surface area contributed by atoms with Crippen LogP contribution in [0.2, 0.25) is 0 Å². The molecule has 0 amide bonds. The van der Waals surface area contributed by atoms with Gasteiger partial charge in [0.2, 0.25) is 0 Å². The molecule has 1 aromatic rings. The van der Waals surface area contributed by atoms with E-state index in [2.05, 4.69) is 37.7 Å². The van der Waals surface area contributed by atoms with E-state index in [0.717, 1.165) is 37.2 Å². The van der Waals surface area contributed by atoms with Gasteiger partial charge in [-0.25, -0.2) is 4.39 Å². The first-order valence-corrected chi connectivity index (χ1v) is 7.87. The zero-order chi connectivity index (χ0) is 15.6. The van der Waals surface area contributed by atoms with Crippen LogP contribution in [0.25, 0.3) is 0 Å². The lowest BCUT2D eigenvalue weighted by Crippen LogP contribution is -2.34. The first kappa shape index (κ1) is 16.2. The predicted octanol–water partition coefficient (Wildman–Crippen LogP) is 2.49. The maximum Gasteiger partial charge on any atom is 0.123 e. The lowest BCUT2D eigenvalue weighted by Gasteiger charge is -2.25. The van der Waals surface area contributed by atoms with Crippen molar-refractivity contribution < 1.29 is 4.39 Å². The van der Waals surface area contributed by atoms with Crippen LogP contribution in [0.15, 0.2) is 18.2 Å². The van der Waals surface area contributed by atoms with Gasteiger partial charge in [0.25, 0.3) is 0 Å². The van der Waals surface area contributed by atoms with Crippen LogP contribution in [0.4, 0.5) is 10.1 Å². The SMILES string of the molecule is CCC(N)Cc1cc(F)ccc1N1CC(C)C(N(C)C)C1. The molecule has 0 aliphatic carbocycles. The number of anilines is 1. The maximum atomic E-state index is 13.6. The lowest BCUT2D eigenvalue weighted by molar-refractivity contribution is 0.266. The number of nitrogens with two attached hydrogens (primary N) is 1. The molecule has 0 spiro atoms. The molecule has 1 fully saturated rings. The van der Waals surface area contributed by atoms with Crippen LogP contribution in [0.3, 0.4) is 0 Å². The Labute approximate surface area is 127 Å². The topological polar surface area (TPSA) is 32.5 Å². The van der Waals surface area contributed by atoms with Crippen LogP contribution in [0, 0.1) is 11.7 Å². The normalized spacial score (nSPS) is 23.9. The summed E-state index contributed by atoms with van der Waals surface area (Å²) in [7, 11) is 4.26. The summed E-state index contributed by atoms with van der Waals surface area (Å²) in [5.41, 5.74) is 8.26. The van der Waals surface area contributed by atoms with Gasteiger partial charge in [-0.1, -0.05) is 13.8 Å². The van der Waals surface area contributed by atoms with E-state index in [-0.39, 0.29) is 11.9 Å². The van der Waals surface area contributed by atoms with Crippen molar-refractivity contribution in [2.75, 3.05) is 32.1 Å². The van der Waals surface area contributed by atoms with E-state index in [0.29, 0.717) is 12.0 Å². The molecule has 1 aromatic carbocycles. The molecule has 1 aliphatic rings. The Morgan fingerprint density at radius 3 is 2.67 bits per heavy atom. The van der Waals surface area contributed by atoms with Gasteiger partial charge in [0.05, 0.1) is 0 Å². The Bertz CT molecular complexity index is 475. The molecule has 0 bridgehead atoms. The summed E-state index contributed by atoms with van der Waals surface area (Å²) in [5, 5.41) is 0. The van der Waals surface area contributed by atoms with Gasteiger partial charge >= 0.3 is 0 Å². The summed E-state index contributed by atoms with van der Waals surface area (Å²) < 4.78 is 13.6. The van der Waals surface area contributed by atoms with E-state index in [1.165, 1.54) is 0 Å². The quantitative estimate of drug-likeness (QED) is 0.905. The zero-order valence-electron chi connectivity index (χ0n) is 13.6. The minimum atomic E-state index is -0.173. The fraction of sp³-hybridized carbons (Fsp3) is 0.647. The number of halogens is 1. The van der Waals surface area contributed by atoms with E-state index >= 15 is 0 Å². The van der Waals surface area contributed by atoms with Gasteiger partial charge in [-0.05, 0) is 56.6 Å². The Morgan fingerprint density at radius 1 is 1.38 bits per heavy atom. The average molecular weight is 293 g/mol. The van der Waals surface area contributed by atoms with Gasteiger partial charge in [-0.2, -0.15) is 0 Å². The predicted molar refractivity (Wildman–Crippen MR) is 87.2 cm³/mol. The Hall–Kier alpha value is -1.13. The van der Waals surface area contributed by atoms with Crippen LogP contribution in [-0.2, 0) is 6.42 Å². The van der Waals surface area contributed by atoms with E-state index in [1.807, 2.05) is 6.07 Å². The number of hydrogen-bond donors (Lipinski definition) is 1. The zero-order valence-corrected chi connectivity index (χ0v) is 13.6. The van der Waals surface area contributed by atoms with Crippen molar-refractivity contribution in [3.63, 3.8) is 0 Å². The van der Waals surface area contributed by atoms with Crippen LogP contribution in [-0.4, -0.2) is 44.2 Å². The van der Waals surface area contributed by atoms with Gasteiger partial charge in [0, 0.05) is 30.9 Å². The summed E-state index contributed by atoms with van der Waals surface area (Å²) in [6, 6.07) is 5.76. The van der Waals surface area contributed by atoms with Crippen molar-refractivity contribution >= 4 is 5.69 Å². The molecule has 118 valence electrons. The number of benzene rings is 1. The molecule has 3 atom stereocenters. The van der Waals surface area contributed by atoms with Crippen LogP contribution >= 0.6 is 0 Å². The second-order valence-corrected chi connectivity index (χ2v) is 6.56. The van der Waals surface area contributed by atoms with Gasteiger partial charge in [0.1, 0.15) is 5.82 Å². The average Bonchev–Trinajstić information content (AvgIpc) is 2.80. The lowest BCUT2D eigenvalue weighted by atomic mass is 10.0. The second kappa shape index (κ2) is 6.75. The van der Waals surface area contributed by atoms with E-state index in [9.17, 15) is 4.39 Å². The molecular weight excluding hydrogens is 265 g/mol.